The minimum absolute atomic E-state index is 0.130. The first kappa shape index (κ1) is 24.8. The lowest BCUT2D eigenvalue weighted by molar-refractivity contribution is -0.139. The van der Waals surface area contributed by atoms with Gasteiger partial charge in [-0.1, -0.05) is 52.2 Å². The second-order valence-electron chi connectivity index (χ2n) is 9.28. The molecule has 1 heterocycles. The monoisotopic (exact) mass is 475 g/mol. The van der Waals surface area contributed by atoms with Crippen molar-refractivity contribution in [3.63, 3.8) is 0 Å². The summed E-state index contributed by atoms with van der Waals surface area (Å²) in [6.45, 7) is 4.89. The van der Waals surface area contributed by atoms with Gasteiger partial charge in [0.05, 0.1) is 11.3 Å². The lowest BCUT2D eigenvalue weighted by Crippen LogP contribution is -2.51. The van der Waals surface area contributed by atoms with E-state index in [1.54, 1.807) is 45.0 Å². The standard InChI is InChI=1S/C23H29N3O6S/c1-22(2,3)17(27)13-32-19(29)15-9-5-6-10-16(15)33-14-18(28)25-26-20(30)23(24-21(26)31)11-7-4-8-12-23/h5-6,9-10H,4,7-8,11-14H2,1-3H3,(H,24,31)(H,25,28). The molecule has 2 N–H and O–H groups in total. The zero-order valence-electron chi connectivity index (χ0n) is 19.1. The van der Waals surface area contributed by atoms with Crippen LogP contribution in [0.2, 0.25) is 0 Å². The summed E-state index contributed by atoms with van der Waals surface area (Å²) >= 11 is 1.07. The van der Waals surface area contributed by atoms with E-state index in [2.05, 4.69) is 10.7 Å². The van der Waals surface area contributed by atoms with Gasteiger partial charge >= 0.3 is 12.0 Å². The molecule has 1 aliphatic carbocycles. The Bertz CT molecular complexity index is 965. The van der Waals surface area contributed by atoms with Crippen LogP contribution in [-0.4, -0.2) is 52.5 Å². The van der Waals surface area contributed by atoms with E-state index in [1.165, 1.54) is 0 Å². The van der Waals surface area contributed by atoms with Crippen molar-refractivity contribution in [3.8, 4) is 0 Å². The van der Waals surface area contributed by atoms with Gasteiger partial charge in [0.2, 0.25) is 5.91 Å². The number of benzene rings is 1. The second-order valence-corrected chi connectivity index (χ2v) is 10.3. The number of ether oxygens (including phenoxy) is 1. The van der Waals surface area contributed by atoms with E-state index in [-0.39, 0.29) is 23.7 Å². The van der Waals surface area contributed by atoms with Gasteiger partial charge in [-0.05, 0) is 25.0 Å². The van der Waals surface area contributed by atoms with Crippen molar-refractivity contribution in [2.75, 3.05) is 12.4 Å². The number of carbonyl (C=O) groups excluding carboxylic acids is 5. The minimum atomic E-state index is -0.920. The van der Waals surface area contributed by atoms with Crippen molar-refractivity contribution in [1.29, 1.82) is 0 Å². The molecule has 1 aromatic carbocycles. The van der Waals surface area contributed by atoms with E-state index in [4.69, 9.17) is 4.74 Å². The van der Waals surface area contributed by atoms with Crippen molar-refractivity contribution in [3.05, 3.63) is 29.8 Å². The molecule has 1 saturated heterocycles. The zero-order valence-corrected chi connectivity index (χ0v) is 19.9. The molecule has 0 bridgehead atoms. The number of esters is 1. The fourth-order valence-electron chi connectivity index (χ4n) is 3.70. The second kappa shape index (κ2) is 9.94. The number of amides is 4. The third-order valence-electron chi connectivity index (χ3n) is 5.74. The maximum atomic E-state index is 12.8. The Hall–Kier alpha value is -2.88. The number of Topliss-reactive ketones (excluding diaryl/α,β-unsaturated/α-hetero) is 1. The third-order valence-corrected chi connectivity index (χ3v) is 6.82. The lowest BCUT2D eigenvalue weighted by Gasteiger charge is -2.30. The number of carbonyl (C=O) groups is 5. The molecule has 1 spiro atoms. The van der Waals surface area contributed by atoms with Crippen LogP contribution in [0.15, 0.2) is 29.2 Å². The molecule has 0 atom stereocenters. The van der Waals surface area contributed by atoms with Crippen LogP contribution >= 0.6 is 11.8 Å². The van der Waals surface area contributed by atoms with E-state index in [0.29, 0.717) is 17.7 Å². The van der Waals surface area contributed by atoms with Crippen molar-refractivity contribution in [1.82, 2.24) is 15.8 Å². The first-order valence-corrected chi connectivity index (χ1v) is 11.9. The highest BCUT2D eigenvalue weighted by molar-refractivity contribution is 8.00. The molecule has 1 saturated carbocycles. The van der Waals surface area contributed by atoms with Crippen LogP contribution in [0.5, 0.6) is 0 Å². The molecule has 10 heteroatoms. The van der Waals surface area contributed by atoms with Gasteiger partial charge in [-0.3, -0.25) is 19.8 Å². The minimum Gasteiger partial charge on any atom is -0.454 e. The highest BCUT2D eigenvalue weighted by Gasteiger charge is 2.52. The first-order chi connectivity index (χ1) is 15.5. The molecule has 33 heavy (non-hydrogen) atoms. The molecule has 2 aliphatic rings. The molecule has 0 unspecified atom stereocenters. The van der Waals surface area contributed by atoms with Crippen molar-refractivity contribution < 1.29 is 28.7 Å². The summed E-state index contributed by atoms with van der Waals surface area (Å²) in [7, 11) is 0. The van der Waals surface area contributed by atoms with Gasteiger partial charge in [-0.15, -0.1) is 11.8 Å². The van der Waals surface area contributed by atoms with Gasteiger partial charge in [0.1, 0.15) is 5.54 Å². The predicted molar refractivity (Wildman–Crippen MR) is 121 cm³/mol. The largest absolute Gasteiger partial charge is 0.454 e. The number of ketones is 1. The van der Waals surface area contributed by atoms with Gasteiger partial charge in [0, 0.05) is 10.3 Å². The summed E-state index contributed by atoms with van der Waals surface area (Å²) in [6.07, 6.45) is 3.83. The number of nitrogens with one attached hydrogen (secondary N) is 2. The number of thioether (sulfide) groups is 1. The normalized spacial score (nSPS) is 17.6. The number of hydrogen-bond acceptors (Lipinski definition) is 7. The van der Waals surface area contributed by atoms with E-state index in [0.717, 1.165) is 36.0 Å². The number of urea groups is 1. The molecule has 9 nitrogen and oxygen atoms in total. The molecule has 2 fully saturated rings. The van der Waals surface area contributed by atoms with E-state index >= 15 is 0 Å². The molecular weight excluding hydrogens is 446 g/mol. The summed E-state index contributed by atoms with van der Waals surface area (Å²) in [5.74, 6) is -1.98. The molecule has 1 aliphatic heterocycles. The molecule has 0 radical (unpaired) electrons. The van der Waals surface area contributed by atoms with Gasteiger partial charge < -0.3 is 10.1 Å². The van der Waals surface area contributed by atoms with E-state index in [9.17, 15) is 24.0 Å². The summed E-state index contributed by atoms with van der Waals surface area (Å²) in [6, 6.07) is 5.94. The average molecular weight is 476 g/mol. The van der Waals surface area contributed by atoms with Crippen molar-refractivity contribution in [2.45, 2.75) is 63.3 Å². The van der Waals surface area contributed by atoms with Gasteiger partial charge in [-0.25, -0.2) is 9.59 Å². The Morgan fingerprint density at radius 3 is 2.45 bits per heavy atom. The maximum Gasteiger partial charge on any atom is 0.344 e. The van der Waals surface area contributed by atoms with Crippen LogP contribution in [-0.2, 0) is 19.1 Å². The Morgan fingerprint density at radius 2 is 1.79 bits per heavy atom. The fourth-order valence-corrected chi connectivity index (χ4v) is 4.54. The summed E-state index contributed by atoms with van der Waals surface area (Å²) in [5.41, 5.74) is 1.06. The average Bonchev–Trinajstić information content (AvgIpc) is 2.99. The summed E-state index contributed by atoms with van der Waals surface area (Å²) in [5, 5.41) is 3.49. The summed E-state index contributed by atoms with van der Waals surface area (Å²) in [4.78, 5) is 62.5. The van der Waals surface area contributed by atoms with Crippen molar-refractivity contribution >= 4 is 41.4 Å². The quantitative estimate of drug-likeness (QED) is 0.353. The smallest absolute Gasteiger partial charge is 0.344 e. The SMILES string of the molecule is CC(C)(C)C(=O)COC(=O)c1ccccc1SCC(=O)NN1C(=O)NC2(CCCCC2)C1=O. The third kappa shape index (κ3) is 5.73. The molecule has 4 amide bonds. The number of rotatable bonds is 7. The molecule has 1 aromatic rings. The number of hydrazine groups is 1. The molecular formula is C23H29N3O6S. The van der Waals surface area contributed by atoms with Crippen LogP contribution in [0.4, 0.5) is 4.79 Å². The molecule has 0 aromatic heterocycles. The maximum absolute atomic E-state index is 12.8. The topological polar surface area (TPSA) is 122 Å². The first-order valence-electron chi connectivity index (χ1n) is 10.9. The highest BCUT2D eigenvalue weighted by atomic mass is 32.2. The fraction of sp³-hybridized carbons (Fsp3) is 0.522. The summed E-state index contributed by atoms with van der Waals surface area (Å²) < 4.78 is 5.16. The van der Waals surface area contributed by atoms with E-state index in [1.807, 2.05) is 0 Å². The predicted octanol–water partition coefficient (Wildman–Crippen LogP) is 2.84. The van der Waals surface area contributed by atoms with Crippen LogP contribution < -0.4 is 10.7 Å². The van der Waals surface area contributed by atoms with E-state index < -0.39 is 34.8 Å². The number of hydrogen-bond donors (Lipinski definition) is 2. The Labute approximate surface area is 196 Å². The highest BCUT2D eigenvalue weighted by Crippen LogP contribution is 2.33. The Morgan fingerprint density at radius 1 is 1.12 bits per heavy atom. The van der Waals surface area contributed by atoms with Crippen LogP contribution in [0, 0.1) is 5.41 Å². The zero-order chi connectivity index (χ0) is 24.2. The number of nitrogens with zero attached hydrogens (tertiary/aromatic N) is 1. The molecule has 178 valence electrons. The van der Waals surface area contributed by atoms with Crippen LogP contribution in [0.1, 0.15) is 63.2 Å². The van der Waals surface area contributed by atoms with Crippen LogP contribution in [0.3, 0.4) is 0 Å². The Kier molecular flexibility index (Phi) is 7.46. The van der Waals surface area contributed by atoms with Gasteiger partial charge in [-0.2, -0.15) is 5.01 Å². The lowest BCUT2D eigenvalue weighted by atomic mass is 9.82. The van der Waals surface area contributed by atoms with Crippen molar-refractivity contribution in [2.24, 2.45) is 5.41 Å². The number of imide groups is 1. The molecule has 3 rings (SSSR count). The van der Waals surface area contributed by atoms with Gasteiger partial charge in [0.25, 0.3) is 5.91 Å². The van der Waals surface area contributed by atoms with Crippen LogP contribution in [0.25, 0.3) is 0 Å². The van der Waals surface area contributed by atoms with Gasteiger partial charge in [0.15, 0.2) is 12.4 Å². The Balaban J connectivity index is 1.57.